The summed E-state index contributed by atoms with van der Waals surface area (Å²) in [5.74, 6) is -0.425. The van der Waals surface area contributed by atoms with Crippen molar-refractivity contribution in [3.05, 3.63) is 56.7 Å². The Kier molecular flexibility index (Phi) is 4.57. The molecule has 5 heteroatoms. The SMILES string of the molecule is Cc1ccccc1NC(=O)/C(C#N)=C/c1ccc(Cl)s1. The molecule has 0 saturated carbocycles. The quantitative estimate of drug-likeness (QED) is 0.680. The zero-order valence-electron chi connectivity index (χ0n) is 10.7. The van der Waals surface area contributed by atoms with E-state index < -0.39 is 5.91 Å². The predicted molar refractivity (Wildman–Crippen MR) is 82.7 cm³/mol. The number of aryl methyl sites for hydroxylation is 1. The van der Waals surface area contributed by atoms with E-state index in [1.54, 1.807) is 18.2 Å². The zero-order valence-corrected chi connectivity index (χ0v) is 12.3. The van der Waals surface area contributed by atoms with Gasteiger partial charge in [-0.15, -0.1) is 11.3 Å². The largest absolute Gasteiger partial charge is 0.321 e. The first-order valence-corrected chi connectivity index (χ1v) is 7.03. The van der Waals surface area contributed by atoms with Gasteiger partial charge >= 0.3 is 0 Å². The van der Waals surface area contributed by atoms with Crippen molar-refractivity contribution in [2.75, 3.05) is 5.32 Å². The van der Waals surface area contributed by atoms with E-state index in [2.05, 4.69) is 5.32 Å². The van der Waals surface area contributed by atoms with Gasteiger partial charge < -0.3 is 5.32 Å². The monoisotopic (exact) mass is 302 g/mol. The van der Waals surface area contributed by atoms with E-state index in [1.165, 1.54) is 17.4 Å². The molecule has 0 spiro atoms. The number of nitriles is 1. The number of para-hydroxylation sites is 1. The summed E-state index contributed by atoms with van der Waals surface area (Å²) >= 11 is 7.14. The number of carbonyl (C=O) groups is 1. The van der Waals surface area contributed by atoms with Crippen molar-refractivity contribution in [2.45, 2.75) is 6.92 Å². The molecule has 1 heterocycles. The molecule has 2 rings (SSSR count). The van der Waals surface area contributed by atoms with Gasteiger partial charge in [-0.2, -0.15) is 5.26 Å². The minimum atomic E-state index is -0.425. The Morgan fingerprint density at radius 1 is 1.35 bits per heavy atom. The van der Waals surface area contributed by atoms with Crippen molar-refractivity contribution >= 4 is 40.6 Å². The third kappa shape index (κ3) is 3.47. The van der Waals surface area contributed by atoms with Crippen LogP contribution in [0.25, 0.3) is 6.08 Å². The minimum Gasteiger partial charge on any atom is -0.321 e. The van der Waals surface area contributed by atoms with E-state index in [4.69, 9.17) is 16.9 Å². The van der Waals surface area contributed by atoms with Crippen molar-refractivity contribution in [3.8, 4) is 6.07 Å². The van der Waals surface area contributed by atoms with Crippen molar-refractivity contribution in [1.29, 1.82) is 5.26 Å². The van der Waals surface area contributed by atoms with Gasteiger partial charge in [0.25, 0.3) is 5.91 Å². The van der Waals surface area contributed by atoms with E-state index in [0.717, 1.165) is 10.4 Å². The fraction of sp³-hybridized carbons (Fsp3) is 0.0667. The number of halogens is 1. The first-order valence-electron chi connectivity index (χ1n) is 5.84. The van der Waals surface area contributed by atoms with E-state index in [1.807, 2.05) is 31.2 Å². The van der Waals surface area contributed by atoms with Crippen LogP contribution in [-0.2, 0) is 4.79 Å². The van der Waals surface area contributed by atoms with Crippen LogP contribution in [0.4, 0.5) is 5.69 Å². The first kappa shape index (κ1) is 14.3. The maximum Gasteiger partial charge on any atom is 0.266 e. The fourth-order valence-electron chi connectivity index (χ4n) is 1.60. The Bertz CT molecular complexity index is 713. The molecule has 0 aliphatic rings. The molecule has 0 fully saturated rings. The summed E-state index contributed by atoms with van der Waals surface area (Å²) in [4.78, 5) is 12.8. The van der Waals surface area contributed by atoms with E-state index in [-0.39, 0.29) is 5.57 Å². The van der Waals surface area contributed by atoms with Crippen LogP contribution in [0.5, 0.6) is 0 Å². The van der Waals surface area contributed by atoms with E-state index in [9.17, 15) is 4.79 Å². The molecule has 0 bridgehead atoms. The molecule has 0 radical (unpaired) electrons. The summed E-state index contributed by atoms with van der Waals surface area (Å²) in [7, 11) is 0. The second-order valence-corrected chi connectivity index (χ2v) is 5.83. The minimum absolute atomic E-state index is 0.0479. The average Bonchev–Trinajstić information content (AvgIpc) is 2.84. The zero-order chi connectivity index (χ0) is 14.5. The highest BCUT2D eigenvalue weighted by molar-refractivity contribution is 7.17. The highest BCUT2D eigenvalue weighted by Crippen LogP contribution is 2.24. The third-order valence-electron chi connectivity index (χ3n) is 2.64. The molecule has 0 unspecified atom stereocenters. The van der Waals surface area contributed by atoms with Crippen LogP contribution in [0.2, 0.25) is 4.34 Å². The van der Waals surface area contributed by atoms with E-state index in [0.29, 0.717) is 10.0 Å². The molecule has 0 atom stereocenters. The van der Waals surface area contributed by atoms with Gasteiger partial charge in [0.2, 0.25) is 0 Å². The fourth-order valence-corrected chi connectivity index (χ4v) is 2.60. The summed E-state index contributed by atoms with van der Waals surface area (Å²) in [5.41, 5.74) is 1.69. The lowest BCUT2D eigenvalue weighted by atomic mass is 10.2. The number of nitrogens with one attached hydrogen (secondary N) is 1. The normalized spacial score (nSPS) is 10.9. The smallest absolute Gasteiger partial charge is 0.266 e. The van der Waals surface area contributed by atoms with Crippen LogP contribution in [0.15, 0.2) is 42.0 Å². The van der Waals surface area contributed by atoms with Gasteiger partial charge in [0.05, 0.1) is 4.34 Å². The lowest BCUT2D eigenvalue weighted by Gasteiger charge is -2.06. The van der Waals surface area contributed by atoms with Crippen LogP contribution in [0, 0.1) is 18.3 Å². The van der Waals surface area contributed by atoms with Crippen molar-refractivity contribution in [3.63, 3.8) is 0 Å². The maximum atomic E-state index is 12.1. The molecule has 100 valence electrons. The van der Waals surface area contributed by atoms with Gasteiger partial charge in [0.1, 0.15) is 11.6 Å². The molecular formula is C15H11ClN2OS. The van der Waals surface area contributed by atoms with Gasteiger partial charge in [-0.05, 0) is 36.8 Å². The molecule has 1 aromatic heterocycles. The second-order valence-electron chi connectivity index (χ2n) is 4.08. The first-order chi connectivity index (χ1) is 9.60. The number of benzene rings is 1. The van der Waals surface area contributed by atoms with Crippen LogP contribution in [-0.4, -0.2) is 5.91 Å². The standard InChI is InChI=1S/C15H11ClN2OS/c1-10-4-2-3-5-13(10)18-15(19)11(9-17)8-12-6-7-14(16)20-12/h2-8H,1H3,(H,18,19)/b11-8+. The molecule has 0 aliphatic carbocycles. The molecule has 3 nitrogen and oxygen atoms in total. The Hall–Kier alpha value is -2.09. The van der Waals surface area contributed by atoms with Crippen molar-refractivity contribution in [2.24, 2.45) is 0 Å². The third-order valence-corrected chi connectivity index (χ3v) is 3.82. The number of anilines is 1. The maximum absolute atomic E-state index is 12.1. The highest BCUT2D eigenvalue weighted by atomic mass is 35.5. The lowest BCUT2D eigenvalue weighted by Crippen LogP contribution is -2.14. The Morgan fingerprint density at radius 3 is 2.70 bits per heavy atom. The topological polar surface area (TPSA) is 52.9 Å². The van der Waals surface area contributed by atoms with Crippen molar-refractivity contribution < 1.29 is 4.79 Å². The number of nitrogens with zero attached hydrogens (tertiary/aromatic N) is 1. The Balaban J connectivity index is 2.21. The molecule has 1 amide bonds. The van der Waals surface area contributed by atoms with Crippen LogP contribution in [0.1, 0.15) is 10.4 Å². The molecule has 1 N–H and O–H groups in total. The number of hydrogen-bond acceptors (Lipinski definition) is 3. The molecule has 0 aliphatic heterocycles. The highest BCUT2D eigenvalue weighted by Gasteiger charge is 2.11. The summed E-state index contributed by atoms with van der Waals surface area (Å²) in [6.07, 6.45) is 1.53. The summed E-state index contributed by atoms with van der Waals surface area (Å²) in [6, 6.07) is 12.8. The van der Waals surface area contributed by atoms with Crippen LogP contribution < -0.4 is 5.32 Å². The number of rotatable bonds is 3. The van der Waals surface area contributed by atoms with Crippen molar-refractivity contribution in [1.82, 2.24) is 0 Å². The molecule has 0 saturated heterocycles. The Morgan fingerprint density at radius 2 is 2.10 bits per heavy atom. The molecule has 1 aromatic carbocycles. The second kappa shape index (κ2) is 6.38. The lowest BCUT2D eigenvalue weighted by molar-refractivity contribution is -0.112. The number of carbonyl (C=O) groups excluding carboxylic acids is 1. The van der Waals surface area contributed by atoms with Gasteiger partial charge in [0, 0.05) is 10.6 Å². The molecule has 2 aromatic rings. The van der Waals surface area contributed by atoms with Gasteiger partial charge in [0.15, 0.2) is 0 Å². The summed E-state index contributed by atoms with van der Waals surface area (Å²) in [5, 5.41) is 11.8. The predicted octanol–water partition coefficient (Wildman–Crippen LogP) is 4.26. The summed E-state index contributed by atoms with van der Waals surface area (Å²) < 4.78 is 0.618. The van der Waals surface area contributed by atoms with Gasteiger partial charge in [-0.1, -0.05) is 29.8 Å². The molecular weight excluding hydrogens is 292 g/mol. The van der Waals surface area contributed by atoms with Gasteiger partial charge in [-0.3, -0.25) is 4.79 Å². The van der Waals surface area contributed by atoms with Crippen LogP contribution in [0.3, 0.4) is 0 Å². The number of hydrogen-bond donors (Lipinski definition) is 1. The number of thiophene rings is 1. The molecule has 20 heavy (non-hydrogen) atoms. The average molecular weight is 303 g/mol. The Labute approximate surface area is 126 Å². The van der Waals surface area contributed by atoms with E-state index >= 15 is 0 Å². The van der Waals surface area contributed by atoms with Crippen LogP contribution >= 0.6 is 22.9 Å². The number of amides is 1. The van der Waals surface area contributed by atoms with Gasteiger partial charge in [-0.25, -0.2) is 0 Å². The summed E-state index contributed by atoms with van der Waals surface area (Å²) in [6.45, 7) is 1.89.